The average molecular weight is 407 g/mol. The van der Waals surface area contributed by atoms with Crippen molar-refractivity contribution >= 4 is 34.3 Å². The van der Waals surface area contributed by atoms with Crippen LogP contribution in [-0.4, -0.2) is 34.0 Å². The van der Waals surface area contributed by atoms with Gasteiger partial charge in [-0.05, 0) is 24.7 Å². The molecule has 0 aromatic carbocycles. The van der Waals surface area contributed by atoms with Gasteiger partial charge >= 0.3 is 11.9 Å². The van der Waals surface area contributed by atoms with Gasteiger partial charge in [0, 0.05) is 29.1 Å². The van der Waals surface area contributed by atoms with E-state index in [1.807, 2.05) is 6.92 Å². The molecule has 2 N–H and O–H groups in total. The fraction of sp³-hybridized carbons (Fsp3) is 0.700. The first-order valence-electron chi connectivity index (χ1n) is 9.91. The number of nitrogens with zero attached hydrogens (tertiary/aromatic N) is 1. The minimum atomic E-state index is -0.992. The van der Waals surface area contributed by atoms with Crippen molar-refractivity contribution in [2.45, 2.75) is 64.9 Å². The van der Waals surface area contributed by atoms with Crippen molar-refractivity contribution in [1.29, 1.82) is 0 Å². The molecule has 2 aliphatic carbocycles. The number of carbonyl (C=O) groups is 3. The topological polar surface area (TPSA) is 106 Å². The molecule has 1 aromatic rings. The van der Waals surface area contributed by atoms with E-state index in [4.69, 9.17) is 9.84 Å². The summed E-state index contributed by atoms with van der Waals surface area (Å²) < 4.78 is 5.83. The van der Waals surface area contributed by atoms with E-state index in [2.05, 4.69) is 24.1 Å². The molecule has 7 nitrogen and oxygen atoms in total. The van der Waals surface area contributed by atoms with Gasteiger partial charge in [-0.15, -0.1) is 11.3 Å². The SMILES string of the molecule is C[C@@H]1C(=O)O[C@@H]2[C@H]1CC[C@]1(C)Cc3sc(NC(=O)CCC(=O)O)nc3[C@H](C)[C@H]21. The van der Waals surface area contributed by atoms with Crippen LogP contribution < -0.4 is 5.32 Å². The molecule has 2 heterocycles. The number of nitrogens with one attached hydrogen (secondary N) is 1. The van der Waals surface area contributed by atoms with Gasteiger partial charge in [0.15, 0.2) is 5.13 Å². The van der Waals surface area contributed by atoms with Gasteiger partial charge in [0.2, 0.25) is 5.91 Å². The number of thiazole rings is 1. The summed E-state index contributed by atoms with van der Waals surface area (Å²) in [7, 11) is 0. The second-order valence-electron chi connectivity index (χ2n) is 8.81. The van der Waals surface area contributed by atoms with Gasteiger partial charge < -0.3 is 15.2 Å². The van der Waals surface area contributed by atoms with Crippen LogP contribution in [0.25, 0.3) is 0 Å². The molecule has 0 spiro atoms. The fourth-order valence-electron chi connectivity index (χ4n) is 5.53. The first-order chi connectivity index (χ1) is 13.2. The first-order valence-corrected chi connectivity index (χ1v) is 10.7. The smallest absolute Gasteiger partial charge is 0.309 e. The molecule has 1 saturated heterocycles. The fourth-order valence-corrected chi connectivity index (χ4v) is 6.81. The average Bonchev–Trinajstić information content (AvgIpc) is 3.13. The van der Waals surface area contributed by atoms with Crippen LogP contribution in [0, 0.1) is 23.2 Å². The maximum atomic E-state index is 12.2. The molecule has 0 radical (unpaired) electrons. The number of carbonyl (C=O) groups excluding carboxylic acids is 2. The maximum absolute atomic E-state index is 12.2. The van der Waals surface area contributed by atoms with E-state index >= 15 is 0 Å². The number of carboxylic acids is 1. The van der Waals surface area contributed by atoms with Gasteiger partial charge in [-0.2, -0.15) is 0 Å². The van der Waals surface area contributed by atoms with E-state index in [0.717, 1.165) is 25.0 Å². The van der Waals surface area contributed by atoms with Crippen molar-refractivity contribution in [2.75, 3.05) is 5.32 Å². The lowest BCUT2D eigenvalue weighted by molar-refractivity contribution is -0.149. The van der Waals surface area contributed by atoms with Crippen LogP contribution in [0.1, 0.15) is 62.9 Å². The summed E-state index contributed by atoms with van der Waals surface area (Å²) in [5, 5.41) is 12.0. The van der Waals surface area contributed by atoms with E-state index < -0.39 is 5.97 Å². The van der Waals surface area contributed by atoms with Crippen LogP contribution in [0.3, 0.4) is 0 Å². The summed E-state index contributed by atoms with van der Waals surface area (Å²) >= 11 is 1.48. The molecule has 3 aliphatic rings. The van der Waals surface area contributed by atoms with E-state index in [-0.39, 0.29) is 59.9 Å². The number of aliphatic carboxylic acids is 1. The van der Waals surface area contributed by atoms with Crippen LogP contribution in [0.5, 0.6) is 0 Å². The number of anilines is 1. The Bertz CT molecular complexity index is 837. The first kappa shape index (κ1) is 19.4. The number of aromatic nitrogens is 1. The molecule has 0 bridgehead atoms. The number of amides is 1. The lowest BCUT2D eigenvalue weighted by Gasteiger charge is -2.51. The van der Waals surface area contributed by atoms with Gasteiger partial charge in [-0.1, -0.05) is 20.8 Å². The van der Waals surface area contributed by atoms with Crippen molar-refractivity contribution in [3.05, 3.63) is 10.6 Å². The molecule has 8 heteroatoms. The Morgan fingerprint density at radius 2 is 2.07 bits per heavy atom. The summed E-state index contributed by atoms with van der Waals surface area (Å²) in [5.74, 6) is -0.795. The standard InChI is InChI=1S/C20H26N2O5S/c1-9-11-6-7-20(3)8-12-16(10(2)15(20)17(11)27-18(9)26)22-19(28-12)21-13(23)4-5-14(24)25/h9-11,15,17H,4-8H2,1-3H3,(H,24,25)(H,21,22,23)/t9-,10+,11-,15+,17+,20+/m0/s1. The molecule has 152 valence electrons. The number of hydrogen-bond donors (Lipinski definition) is 2. The van der Waals surface area contributed by atoms with Gasteiger partial charge in [0.25, 0.3) is 0 Å². The number of esters is 1. The molecule has 28 heavy (non-hydrogen) atoms. The van der Waals surface area contributed by atoms with E-state index in [9.17, 15) is 14.4 Å². The lowest BCUT2D eigenvalue weighted by atomic mass is 9.54. The zero-order valence-electron chi connectivity index (χ0n) is 16.4. The summed E-state index contributed by atoms with van der Waals surface area (Å²) in [6.07, 6.45) is 2.62. The Morgan fingerprint density at radius 3 is 2.79 bits per heavy atom. The zero-order valence-corrected chi connectivity index (χ0v) is 17.2. The van der Waals surface area contributed by atoms with Crippen LogP contribution in [-0.2, 0) is 25.5 Å². The van der Waals surface area contributed by atoms with Crippen LogP contribution in [0.2, 0.25) is 0 Å². The van der Waals surface area contributed by atoms with Crippen molar-refractivity contribution in [3.63, 3.8) is 0 Å². The normalized spacial score (nSPS) is 36.1. The Kier molecular flexibility index (Phi) is 4.72. The number of fused-ring (bicyclic) bond motifs is 4. The summed E-state index contributed by atoms with van der Waals surface area (Å²) in [6.45, 7) is 6.41. The van der Waals surface area contributed by atoms with E-state index in [1.165, 1.54) is 16.2 Å². The zero-order chi connectivity index (χ0) is 20.2. The summed E-state index contributed by atoms with van der Waals surface area (Å²) in [4.78, 5) is 40.7. The lowest BCUT2D eigenvalue weighted by Crippen LogP contribution is -2.50. The molecule has 2 fully saturated rings. The Hall–Kier alpha value is -1.96. The highest BCUT2D eigenvalue weighted by molar-refractivity contribution is 7.15. The second kappa shape index (κ2) is 6.83. The third-order valence-corrected chi connectivity index (χ3v) is 7.96. The highest BCUT2D eigenvalue weighted by Crippen LogP contribution is 2.59. The number of hydrogen-bond acceptors (Lipinski definition) is 6. The van der Waals surface area contributed by atoms with Gasteiger partial charge in [0.1, 0.15) is 6.10 Å². The monoisotopic (exact) mass is 406 g/mol. The summed E-state index contributed by atoms with van der Waals surface area (Å²) in [5.41, 5.74) is 1.03. The summed E-state index contributed by atoms with van der Waals surface area (Å²) in [6, 6.07) is 0. The number of ether oxygens (including phenoxy) is 1. The molecule has 6 atom stereocenters. The third kappa shape index (κ3) is 3.11. The molecular formula is C20H26N2O5S. The van der Waals surface area contributed by atoms with Crippen molar-refractivity contribution < 1.29 is 24.2 Å². The van der Waals surface area contributed by atoms with E-state index in [0.29, 0.717) is 5.13 Å². The molecule has 1 aromatic heterocycles. The van der Waals surface area contributed by atoms with Gasteiger partial charge in [-0.25, -0.2) is 4.98 Å². The molecule has 1 saturated carbocycles. The Balaban J connectivity index is 1.57. The highest BCUT2D eigenvalue weighted by Gasteiger charge is 2.58. The molecule has 0 unspecified atom stereocenters. The minimum absolute atomic E-state index is 0.0392. The minimum Gasteiger partial charge on any atom is -0.481 e. The molecular weight excluding hydrogens is 380 g/mol. The van der Waals surface area contributed by atoms with Crippen molar-refractivity contribution in [3.8, 4) is 0 Å². The predicted octanol–water partition coefficient (Wildman–Crippen LogP) is 3.20. The predicted molar refractivity (Wildman–Crippen MR) is 103 cm³/mol. The number of rotatable bonds is 4. The highest BCUT2D eigenvalue weighted by atomic mass is 32.1. The van der Waals surface area contributed by atoms with Gasteiger partial charge in [-0.3, -0.25) is 14.4 Å². The maximum Gasteiger partial charge on any atom is 0.309 e. The quantitative estimate of drug-likeness (QED) is 0.744. The van der Waals surface area contributed by atoms with Crippen molar-refractivity contribution in [1.82, 2.24) is 4.98 Å². The molecule has 1 aliphatic heterocycles. The van der Waals surface area contributed by atoms with Crippen LogP contribution >= 0.6 is 11.3 Å². The van der Waals surface area contributed by atoms with Crippen LogP contribution in [0.4, 0.5) is 5.13 Å². The van der Waals surface area contributed by atoms with Gasteiger partial charge in [0.05, 0.1) is 18.0 Å². The second-order valence-corrected chi connectivity index (χ2v) is 9.89. The Labute approximate surface area is 167 Å². The molecule has 4 rings (SSSR count). The van der Waals surface area contributed by atoms with Crippen molar-refractivity contribution in [2.24, 2.45) is 23.2 Å². The third-order valence-electron chi connectivity index (χ3n) is 6.97. The molecule has 1 amide bonds. The number of carboxylic acid groups (broad SMARTS) is 1. The van der Waals surface area contributed by atoms with Crippen LogP contribution in [0.15, 0.2) is 0 Å². The van der Waals surface area contributed by atoms with E-state index in [1.54, 1.807) is 0 Å². The Morgan fingerprint density at radius 1 is 1.32 bits per heavy atom. The largest absolute Gasteiger partial charge is 0.481 e.